The Kier molecular flexibility index (Phi) is 3.18. The van der Waals surface area contributed by atoms with Crippen molar-refractivity contribution in [2.45, 2.75) is 13.0 Å². The molecule has 23 heavy (non-hydrogen) atoms. The van der Waals surface area contributed by atoms with Gasteiger partial charge in [0.2, 0.25) is 0 Å². The number of fused-ring (bicyclic) bond motifs is 2. The van der Waals surface area contributed by atoms with Crippen molar-refractivity contribution in [2.75, 3.05) is 18.5 Å². The molecule has 1 aliphatic heterocycles. The molecule has 4 rings (SSSR count). The average Bonchev–Trinajstić information content (AvgIpc) is 3.19. The van der Waals surface area contributed by atoms with E-state index in [9.17, 15) is 4.79 Å². The molecular formula is C16H16N6O. The van der Waals surface area contributed by atoms with Crippen LogP contribution in [-0.2, 0) is 13.0 Å². The van der Waals surface area contributed by atoms with Gasteiger partial charge in [-0.2, -0.15) is 5.10 Å². The van der Waals surface area contributed by atoms with Gasteiger partial charge in [-0.05, 0) is 30.2 Å². The van der Waals surface area contributed by atoms with Gasteiger partial charge in [-0.25, -0.2) is 14.5 Å². The summed E-state index contributed by atoms with van der Waals surface area (Å²) in [6.07, 6.45) is 2.48. The highest BCUT2D eigenvalue weighted by molar-refractivity contribution is 5.92. The van der Waals surface area contributed by atoms with Crippen LogP contribution in [-0.4, -0.2) is 39.1 Å². The van der Waals surface area contributed by atoms with Gasteiger partial charge in [0.05, 0.1) is 12.2 Å². The number of pyridine rings is 2. The van der Waals surface area contributed by atoms with Crippen molar-refractivity contribution >= 4 is 17.4 Å². The Morgan fingerprint density at radius 2 is 2.22 bits per heavy atom. The number of carbonyl (C=O) groups is 1. The minimum atomic E-state index is -0.190. The van der Waals surface area contributed by atoms with Gasteiger partial charge in [-0.3, -0.25) is 4.79 Å². The highest BCUT2D eigenvalue weighted by Crippen LogP contribution is 2.24. The molecule has 1 N–H and O–H groups in total. The molecule has 0 saturated carbocycles. The second-order valence-electron chi connectivity index (χ2n) is 5.58. The zero-order valence-corrected chi connectivity index (χ0v) is 12.7. The topological polar surface area (TPSA) is 75.4 Å². The predicted molar refractivity (Wildman–Crippen MR) is 85.4 cm³/mol. The largest absolute Gasteiger partial charge is 0.359 e. The number of aromatic nitrogens is 4. The van der Waals surface area contributed by atoms with E-state index in [2.05, 4.69) is 25.3 Å². The maximum absolute atomic E-state index is 12.4. The van der Waals surface area contributed by atoms with E-state index >= 15 is 0 Å². The molecule has 4 heterocycles. The van der Waals surface area contributed by atoms with Crippen molar-refractivity contribution in [3.63, 3.8) is 0 Å². The van der Waals surface area contributed by atoms with Crippen molar-refractivity contribution in [3.8, 4) is 0 Å². The first-order valence-corrected chi connectivity index (χ1v) is 7.49. The molecule has 3 aromatic rings. The molecule has 0 spiro atoms. The Bertz CT molecular complexity index is 887. The Hall–Kier alpha value is -2.96. The molecule has 0 fully saturated rings. The van der Waals surface area contributed by atoms with Crippen LogP contribution in [0.15, 0.2) is 36.7 Å². The first kappa shape index (κ1) is 13.7. The third kappa shape index (κ3) is 2.40. The minimum absolute atomic E-state index is 0.190. The lowest BCUT2D eigenvalue weighted by atomic mass is 10.2. The van der Waals surface area contributed by atoms with Crippen LogP contribution in [0.25, 0.3) is 5.65 Å². The van der Waals surface area contributed by atoms with Gasteiger partial charge < -0.3 is 10.2 Å². The zero-order chi connectivity index (χ0) is 15.8. The average molecular weight is 308 g/mol. The summed E-state index contributed by atoms with van der Waals surface area (Å²) in [7, 11) is 1.99. The third-order valence-corrected chi connectivity index (χ3v) is 4.08. The van der Waals surface area contributed by atoms with Crippen molar-refractivity contribution in [2.24, 2.45) is 0 Å². The monoisotopic (exact) mass is 308 g/mol. The van der Waals surface area contributed by atoms with Crippen LogP contribution in [0.3, 0.4) is 0 Å². The Morgan fingerprint density at radius 3 is 3.13 bits per heavy atom. The third-order valence-electron chi connectivity index (χ3n) is 4.08. The molecule has 0 radical (unpaired) electrons. The standard InChI is InChI=1S/C16H16N6O/c1-21-8-7-11-5-6-13(20-15(11)21)16(23)17-9-12-3-2-4-14-18-10-19-22(12)14/h2-6,10H,7-9H2,1H3,(H,17,23). The maximum Gasteiger partial charge on any atom is 0.270 e. The summed E-state index contributed by atoms with van der Waals surface area (Å²) >= 11 is 0. The number of anilines is 1. The Labute approximate surface area is 133 Å². The van der Waals surface area contributed by atoms with Crippen LogP contribution in [0.2, 0.25) is 0 Å². The predicted octanol–water partition coefficient (Wildman–Crippen LogP) is 1.05. The molecule has 0 unspecified atom stereocenters. The van der Waals surface area contributed by atoms with Crippen LogP contribution >= 0.6 is 0 Å². The lowest BCUT2D eigenvalue weighted by Crippen LogP contribution is -2.25. The first-order valence-electron chi connectivity index (χ1n) is 7.49. The molecule has 3 aromatic heterocycles. The van der Waals surface area contributed by atoms with Gasteiger partial charge in [0.15, 0.2) is 5.65 Å². The number of hydrogen-bond acceptors (Lipinski definition) is 5. The number of nitrogens with zero attached hydrogens (tertiary/aromatic N) is 5. The number of nitrogens with one attached hydrogen (secondary N) is 1. The van der Waals surface area contributed by atoms with Gasteiger partial charge in [0, 0.05) is 13.6 Å². The fourth-order valence-electron chi connectivity index (χ4n) is 2.82. The molecule has 0 atom stereocenters. The van der Waals surface area contributed by atoms with E-state index in [1.54, 1.807) is 10.6 Å². The van der Waals surface area contributed by atoms with Gasteiger partial charge in [0.1, 0.15) is 17.8 Å². The van der Waals surface area contributed by atoms with Crippen molar-refractivity contribution < 1.29 is 4.79 Å². The molecular weight excluding hydrogens is 292 g/mol. The Balaban J connectivity index is 1.52. The number of rotatable bonds is 3. The molecule has 116 valence electrons. The molecule has 0 aliphatic carbocycles. The smallest absolute Gasteiger partial charge is 0.270 e. The highest BCUT2D eigenvalue weighted by atomic mass is 16.1. The van der Waals surface area contributed by atoms with E-state index in [4.69, 9.17) is 0 Å². The lowest BCUT2D eigenvalue weighted by Gasteiger charge is -2.12. The molecule has 7 heteroatoms. The van der Waals surface area contributed by atoms with Gasteiger partial charge in [-0.15, -0.1) is 0 Å². The first-order chi connectivity index (χ1) is 11.2. The lowest BCUT2D eigenvalue weighted by molar-refractivity contribution is 0.0945. The van der Waals surface area contributed by atoms with E-state index in [-0.39, 0.29) is 5.91 Å². The van der Waals surface area contributed by atoms with E-state index in [0.29, 0.717) is 12.2 Å². The summed E-state index contributed by atoms with van der Waals surface area (Å²) in [6, 6.07) is 9.44. The van der Waals surface area contributed by atoms with Crippen LogP contribution in [0.1, 0.15) is 21.7 Å². The maximum atomic E-state index is 12.4. The van der Waals surface area contributed by atoms with E-state index in [1.165, 1.54) is 11.9 Å². The molecule has 0 bridgehead atoms. The Morgan fingerprint density at radius 1 is 1.30 bits per heavy atom. The molecule has 1 aliphatic rings. The summed E-state index contributed by atoms with van der Waals surface area (Å²) in [5.41, 5.74) is 3.25. The SMILES string of the molecule is CN1CCc2ccc(C(=O)NCc3cccc4ncnn34)nc21. The molecule has 7 nitrogen and oxygen atoms in total. The van der Waals surface area contributed by atoms with Crippen molar-refractivity contribution in [1.29, 1.82) is 0 Å². The van der Waals surface area contributed by atoms with E-state index in [1.807, 2.05) is 31.3 Å². The normalized spacial score (nSPS) is 13.3. The minimum Gasteiger partial charge on any atom is -0.359 e. The highest BCUT2D eigenvalue weighted by Gasteiger charge is 2.19. The molecule has 1 amide bonds. The number of hydrogen-bond donors (Lipinski definition) is 1. The second kappa shape index (κ2) is 5.35. The fraction of sp³-hybridized carbons (Fsp3) is 0.250. The van der Waals surface area contributed by atoms with Crippen molar-refractivity contribution in [1.82, 2.24) is 24.9 Å². The second-order valence-corrected chi connectivity index (χ2v) is 5.58. The van der Waals surface area contributed by atoms with Gasteiger partial charge >= 0.3 is 0 Å². The number of likely N-dealkylation sites (N-methyl/N-ethyl adjacent to an activating group) is 1. The van der Waals surface area contributed by atoms with Crippen LogP contribution in [0, 0.1) is 0 Å². The summed E-state index contributed by atoms with van der Waals surface area (Å²) in [4.78, 5) is 23.0. The molecule has 0 aromatic carbocycles. The summed E-state index contributed by atoms with van der Waals surface area (Å²) in [6.45, 7) is 1.32. The number of carbonyl (C=O) groups excluding carboxylic acids is 1. The summed E-state index contributed by atoms with van der Waals surface area (Å²) in [5, 5.41) is 7.05. The zero-order valence-electron chi connectivity index (χ0n) is 12.7. The molecule has 0 saturated heterocycles. The van der Waals surface area contributed by atoms with E-state index in [0.717, 1.165) is 30.1 Å². The van der Waals surface area contributed by atoms with E-state index < -0.39 is 0 Å². The number of amides is 1. The van der Waals surface area contributed by atoms with Crippen molar-refractivity contribution in [3.05, 3.63) is 53.6 Å². The van der Waals surface area contributed by atoms with Gasteiger partial charge in [0.25, 0.3) is 5.91 Å². The van der Waals surface area contributed by atoms with Crippen LogP contribution in [0.5, 0.6) is 0 Å². The quantitative estimate of drug-likeness (QED) is 0.782. The van der Waals surface area contributed by atoms with Crippen LogP contribution < -0.4 is 10.2 Å². The summed E-state index contributed by atoms with van der Waals surface area (Å²) < 4.78 is 1.71. The van der Waals surface area contributed by atoms with Gasteiger partial charge in [-0.1, -0.05) is 12.1 Å². The summed E-state index contributed by atoms with van der Waals surface area (Å²) in [5.74, 6) is 0.709. The fourth-order valence-corrected chi connectivity index (χ4v) is 2.82. The van der Waals surface area contributed by atoms with Crippen LogP contribution in [0.4, 0.5) is 5.82 Å².